The van der Waals surface area contributed by atoms with Gasteiger partial charge in [0.1, 0.15) is 17.0 Å². The highest BCUT2D eigenvalue weighted by molar-refractivity contribution is 8.12. The number of carbonyl (C=O) groups is 1. The quantitative estimate of drug-likeness (QED) is 0.735. The van der Waals surface area contributed by atoms with Gasteiger partial charge in [-0.05, 0) is 44.9 Å². The van der Waals surface area contributed by atoms with E-state index in [4.69, 9.17) is 14.5 Å². The number of carbonyl (C=O) groups excluding carboxylic acids is 1. The molecule has 0 aliphatic carbocycles. The molecule has 1 aromatic heterocycles. The number of hydrogen-bond donors (Lipinski definition) is 1. The summed E-state index contributed by atoms with van der Waals surface area (Å²) in [7, 11) is 1.88. The van der Waals surface area contributed by atoms with Crippen molar-refractivity contribution in [1.29, 1.82) is 0 Å². The number of ether oxygens (including phenoxy) is 2. The van der Waals surface area contributed by atoms with E-state index in [-0.39, 0.29) is 31.0 Å². The molecule has 1 amide bonds. The van der Waals surface area contributed by atoms with E-state index in [9.17, 15) is 4.79 Å². The van der Waals surface area contributed by atoms with Gasteiger partial charge in [-0.3, -0.25) is 9.67 Å². The second-order valence-electron chi connectivity index (χ2n) is 9.34. The Bertz CT molecular complexity index is 1020. The van der Waals surface area contributed by atoms with Crippen molar-refractivity contribution in [3.63, 3.8) is 0 Å². The first-order valence-electron chi connectivity index (χ1n) is 10.7. The molecule has 1 saturated heterocycles. The van der Waals surface area contributed by atoms with Gasteiger partial charge in [-0.1, -0.05) is 6.07 Å². The van der Waals surface area contributed by atoms with Crippen LogP contribution in [0.4, 0.5) is 9.18 Å². The fourth-order valence-corrected chi connectivity index (χ4v) is 5.21. The van der Waals surface area contributed by atoms with Gasteiger partial charge in [0.2, 0.25) is 0 Å². The number of benzene rings is 1. The molecule has 7 nitrogen and oxygen atoms in total. The van der Waals surface area contributed by atoms with Crippen LogP contribution in [-0.2, 0) is 28.6 Å². The van der Waals surface area contributed by atoms with Crippen molar-refractivity contribution in [1.82, 2.24) is 15.1 Å². The van der Waals surface area contributed by atoms with Crippen molar-refractivity contribution in [2.45, 2.75) is 51.0 Å². The molecule has 0 bridgehead atoms. The van der Waals surface area contributed by atoms with Crippen molar-refractivity contribution in [2.24, 2.45) is 18.0 Å². The molecule has 0 unspecified atom stereocenters. The van der Waals surface area contributed by atoms with Crippen LogP contribution in [0.15, 0.2) is 35.6 Å². The van der Waals surface area contributed by atoms with Crippen molar-refractivity contribution < 1.29 is 18.7 Å². The van der Waals surface area contributed by atoms with Crippen molar-refractivity contribution >= 4 is 23.4 Å². The predicted octanol–water partition coefficient (Wildman–Crippen LogP) is 4.33. The van der Waals surface area contributed by atoms with Crippen LogP contribution in [0, 0.1) is 11.7 Å². The van der Waals surface area contributed by atoms with Crippen LogP contribution in [0.25, 0.3) is 0 Å². The molecular formula is C23H29FN4O3S. The van der Waals surface area contributed by atoms with E-state index in [2.05, 4.69) is 10.4 Å². The number of fused-ring (bicyclic) bond motifs is 1. The molecule has 3 atom stereocenters. The van der Waals surface area contributed by atoms with E-state index in [0.29, 0.717) is 5.56 Å². The van der Waals surface area contributed by atoms with Gasteiger partial charge in [-0.25, -0.2) is 9.18 Å². The van der Waals surface area contributed by atoms with Gasteiger partial charge in [0.05, 0.1) is 24.5 Å². The Morgan fingerprint density at radius 2 is 2.25 bits per heavy atom. The molecule has 0 radical (unpaired) electrons. The summed E-state index contributed by atoms with van der Waals surface area (Å²) in [5.74, 6) is 0.632. The monoisotopic (exact) mass is 460 g/mol. The first kappa shape index (κ1) is 22.8. The average molecular weight is 461 g/mol. The lowest BCUT2D eigenvalue weighted by molar-refractivity contribution is -0.0585. The largest absolute Gasteiger partial charge is 0.444 e. The van der Waals surface area contributed by atoms with Gasteiger partial charge in [0.15, 0.2) is 0 Å². The van der Waals surface area contributed by atoms with Gasteiger partial charge in [0.25, 0.3) is 0 Å². The van der Waals surface area contributed by atoms with E-state index in [1.165, 1.54) is 6.07 Å². The third-order valence-corrected chi connectivity index (χ3v) is 6.61. The van der Waals surface area contributed by atoms with Crippen LogP contribution in [0.1, 0.15) is 50.0 Å². The third kappa shape index (κ3) is 4.83. The minimum atomic E-state index is -0.782. The molecular weight excluding hydrogens is 431 g/mol. The van der Waals surface area contributed by atoms with E-state index in [1.807, 2.05) is 40.2 Å². The Labute approximate surface area is 191 Å². The lowest BCUT2D eigenvalue weighted by Crippen LogP contribution is -2.47. The number of thioether (sulfide) groups is 1. The molecule has 1 N–H and O–H groups in total. The molecule has 4 rings (SSSR count). The van der Waals surface area contributed by atoms with Crippen LogP contribution in [0.3, 0.4) is 0 Å². The average Bonchev–Trinajstić information content (AvgIpc) is 3.17. The molecule has 0 saturated carbocycles. The summed E-state index contributed by atoms with van der Waals surface area (Å²) in [5.41, 5.74) is 2.75. The first-order chi connectivity index (χ1) is 15.2. The van der Waals surface area contributed by atoms with Gasteiger partial charge in [-0.2, -0.15) is 5.10 Å². The number of amides is 1. The Hall–Kier alpha value is -2.39. The van der Waals surface area contributed by atoms with Gasteiger partial charge in [-0.15, -0.1) is 11.8 Å². The first-order valence-corrected chi connectivity index (χ1v) is 11.7. The normalized spacial score (nSPS) is 25.3. The highest BCUT2D eigenvalue weighted by Gasteiger charge is 2.48. The van der Waals surface area contributed by atoms with Crippen LogP contribution in [0.2, 0.25) is 0 Å². The van der Waals surface area contributed by atoms with Gasteiger partial charge >= 0.3 is 6.09 Å². The summed E-state index contributed by atoms with van der Waals surface area (Å²) in [6.45, 7) is 5.95. The lowest BCUT2D eigenvalue weighted by atomic mass is 9.74. The molecule has 172 valence electrons. The third-order valence-electron chi connectivity index (χ3n) is 5.76. The van der Waals surface area contributed by atoms with E-state index in [1.54, 1.807) is 34.1 Å². The molecule has 2 aliphatic heterocycles. The molecule has 2 aromatic rings. The second kappa shape index (κ2) is 8.86. The number of halogens is 1. The number of aromatic nitrogens is 2. The molecule has 0 spiro atoms. The summed E-state index contributed by atoms with van der Waals surface area (Å²) >= 11 is 1.64. The zero-order chi connectivity index (χ0) is 22.9. The number of alkyl carbamates (subject to hydrolysis) is 1. The highest BCUT2D eigenvalue weighted by Crippen LogP contribution is 2.49. The molecule has 3 heterocycles. The van der Waals surface area contributed by atoms with Crippen LogP contribution < -0.4 is 5.32 Å². The Kier molecular flexibility index (Phi) is 6.31. The number of nitrogens with one attached hydrogen (secondary N) is 1. The molecule has 32 heavy (non-hydrogen) atoms. The van der Waals surface area contributed by atoms with Crippen molar-refractivity contribution in [3.8, 4) is 0 Å². The van der Waals surface area contributed by atoms with Crippen molar-refractivity contribution in [3.05, 3.63) is 53.1 Å². The number of nitrogens with zero attached hydrogens (tertiary/aromatic N) is 3. The zero-order valence-corrected chi connectivity index (χ0v) is 19.6. The summed E-state index contributed by atoms with van der Waals surface area (Å²) < 4.78 is 28.4. The van der Waals surface area contributed by atoms with E-state index >= 15 is 4.39 Å². The molecule has 1 fully saturated rings. The maximum atomic E-state index is 15.1. The number of aliphatic imine (C=N–C) groups is 1. The maximum Gasteiger partial charge on any atom is 0.407 e. The van der Waals surface area contributed by atoms with Crippen molar-refractivity contribution in [2.75, 3.05) is 12.4 Å². The van der Waals surface area contributed by atoms with Crippen LogP contribution in [0.5, 0.6) is 0 Å². The minimum Gasteiger partial charge on any atom is -0.444 e. The van der Waals surface area contributed by atoms with Gasteiger partial charge in [0, 0.05) is 42.6 Å². The maximum absolute atomic E-state index is 15.1. The van der Waals surface area contributed by atoms with Crippen LogP contribution >= 0.6 is 11.8 Å². The minimum absolute atomic E-state index is 0.0872. The number of hydrogen-bond acceptors (Lipinski definition) is 6. The standard InChI is InChI=1S/C23H29FN4O3S/c1-22(2,3)31-21(29)25-9-15-5-6-19(24)18(7-15)23-13-30-20(16-10-27-28(4)11-16)8-17(23)12-32-14-26-23/h5-7,10-11,14,17,20H,8-9,12-13H2,1-4H3,(H,25,29)/t17-,20+,23-/m0/s1. The molecule has 2 aliphatic rings. The molecule has 1 aromatic carbocycles. The topological polar surface area (TPSA) is 77.7 Å². The summed E-state index contributed by atoms with van der Waals surface area (Å²) in [5, 5.41) is 6.99. The smallest absolute Gasteiger partial charge is 0.407 e. The second-order valence-corrected chi connectivity index (χ2v) is 10.2. The predicted molar refractivity (Wildman–Crippen MR) is 122 cm³/mol. The van der Waals surface area contributed by atoms with E-state index in [0.717, 1.165) is 23.3 Å². The summed E-state index contributed by atoms with van der Waals surface area (Å²) in [4.78, 5) is 16.8. The Morgan fingerprint density at radius 1 is 1.44 bits per heavy atom. The summed E-state index contributed by atoms with van der Waals surface area (Å²) in [6, 6.07) is 4.91. The van der Waals surface area contributed by atoms with E-state index < -0.39 is 17.2 Å². The molecule has 9 heteroatoms. The Balaban J connectivity index is 1.56. The fraction of sp³-hybridized carbons (Fsp3) is 0.522. The number of aryl methyl sites for hydroxylation is 1. The Morgan fingerprint density at radius 3 is 2.97 bits per heavy atom. The number of rotatable bonds is 4. The fourth-order valence-electron chi connectivity index (χ4n) is 4.21. The zero-order valence-electron chi connectivity index (χ0n) is 18.8. The highest BCUT2D eigenvalue weighted by atomic mass is 32.2. The summed E-state index contributed by atoms with van der Waals surface area (Å²) in [6.07, 6.45) is 3.92. The van der Waals surface area contributed by atoms with Gasteiger partial charge < -0.3 is 14.8 Å². The SMILES string of the molecule is Cn1cc([C@H]2C[C@H]3CSC=N[C@@]3(c3cc(CNC(=O)OC(C)(C)C)ccc3F)CO2)cn1. The van der Waals surface area contributed by atoms with Crippen LogP contribution in [-0.4, -0.2) is 39.4 Å². The lowest BCUT2D eigenvalue weighted by Gasteiger charge is -2.45.